The molecule has 0 unspecified atom stereocenters. The molecule has 0 aliphatic carbocycles. The van der Waals surface area contributed by atoms with Crippen LogP contribution in [0.5, 0.6) is 5.75 Å². The summed E-state index contributed by atoms with van der Waals surface area (Å²) in [6, 6.07) is 10.0. The van der Waals surface area contributed by atoms with E-state index in [2.05, 4.69) is 20.1 Å². The zero-order chi connectivity index (χ0) is 16.8. The Morgan fingerprint density at radius 2 is 2.04 bits per heavy atom. The Morgan fingerprint density at radius 3 is 2.74 bits per heavy atom. The predicted molar refractivity (Wildman–Crippen MR) is 82.6 cm³/mol. The van der Waals surface area contributed by atoms with Gasteiger partial charge >= 0.3 is 5.97 Å². The van der Waals surface area contributed by atoms with Crippen LogP contribution < -0.4 is 5.32 Å². The average molecular weight is 312 g/mol. The first-order valence-electron chi connectivity index (χ1n) is 6.43. The SMILES string of the molecule is COC(=O)c1cccc(NC(=O)c2cc(N=[N+]=[N-])ccc2O)c1. The Hall–Kier alpha value is -3.51. The second-order valence-electron chi connectivity index (χ2n) is 4.42. The lowest BCUT2D eigenvalue weighted by Crippen LogP contribution is -2.12. The highest BCUT2D eigenvalue weighted by Crippen LogP contribution is 2.24. The fraction of sp³-hybridized carbons (Fsp3) is 0.0667. The molecule has 0 aliphatic heterocycles. The molecule has 0 spiro atoms. The monoisotopic (exact) mass is 312 g/mol. The van der Waals surface area contributed by atoms with Crippen LogP contribution in [-0.4, -0.2) is 24.1 Å². The summed E-state index contributed by atoms with van der Waals surface area (Å²) in [6.07, 6.45) is 0. The van der Waals surface area contributed by atoms with Crippen LogP contribution in [0.2, 0.25) is 0 Å². The smallest absolute Gasteiger partial charge is 0.337 e. The Bertz CT molecular complexity index is 813. The van der Waals surface area contributed by atoms with Crippen LogP contribution in [0.25, 0.3) is 10.4 Å². The number of nitrogens with zero attached hydrogens (tertiary/aromatic N) is 3. The standard InChI is InChI=1S/C15H12N4O4/c1-23-15(22)9-3-2-4-10(7-9)17-14(21)12-8-11(18-19-16)5-6-13(12)20/h2-8,20H,1H3,(H,17,21). The normalized spacial score (nSPS) is 9.61. The van der Waals surface area contributed by atoms with Crippen LogP contribution in [0.3, 0.4) is 0 Å². The van der Waals surface area contributed by atoms with Gasteiger partial charge in [-0.15, -0.1) is 0 Å². The van der Waals surface area contributed by atoms with E-state index in [1.807, 2.05) is 0 Å². The molecule has 8 nitrogen and oxygen atoms in total. The van der Waals surface area contributed by atoms with Gasteiger partial charge in [0.15, 0.2) is 0 Å². The molecule has 2 N–H and O–H groups in total. The molecule has 0 bridgehead atoms. The van der Waals surface area contributed by atoms with E-state index in [4.69, 9.17) is 5.53 Å². The molecule has 2 rings (SSSR count). The Kier molecular flexibility index (Phi) is 4.81. The van der Waals surface area contributed by atoms with Crippen LogP contribution >= 0.6 is 0 Å². The number of esters is 1. The first-order valence-corrected chi connectivity index (χ1v) is 6.43. The van der Waals surface area contributed by atoms with Crippen LogP contribution in [0.1, 0.15) is 20.7 Å². The van der Waals surface area contributed by atoms with Crippen molar-refractivity contribution in [2.45, 2.75) is 0 Å². The van der Waals surface area contributed by atoms with Crippen molar-refractivity contribution < 1.29 is 19.4 Å². The van der Waals surface area contributed by atoms with E-state index in [0.717, 1.165) is 0 Å². The van der Waals surface area contributed by atoms with Crippen molar-refractivity contribution in [3.8, 4) is 5.75 Å². The van der Waals surface area contributed by atoms with Crippen molar-refractivity contribution in [1.29, 1.82) is 0 Å². The molecule has 0 radical (unpaired) electrons. The van der Waals surface area contributed by atoms with E-state index in [1.165, 1.54) is 31.4 Å². The summed E-state index contributed by atoms with van der Waals surface area (Å²) in [6.45, 7) is 0. The minimum absolute atomic E-state index is 0.0571. The minimum atomic E-state index is -0.612. The van der Waals surface area contributed by atoms with Gasteiger partial charge in [0.05, 0.1) is 18.2 Å². The lowest BCUT2D eigenvalue weighted by atomic mass is 10.1. The molecule has 0 saturated heterocycles. The number of nitrogens with one attached hydrogen (secondary N) is 1. The van der Waals surface area contributed by atoms with Crippen LogP contribution in [0.15, 0.2) is 47.6 Å². The van der Waals surface area contributed by atoms with Crippen LogP contribution in [0, 0.1) is 0 Å². The summed E-state index contributed by atoms with van der Waals surface area (Å²) in [7, 11) is 1.26. The molecule has 2 aromatic carbocycles. The van der Waals surface area contributed by atoms with Gasteiger partial charge in [-0.1, -0.05) is 11.2 Å². The lowest BCUT2D eigenvalue weighted by Gasteiger charge is -2.08. The second-order valence-corrected chi connectivity index (χ2v) is 4.42. The van der Waals surface area contributed by atoms with Crippen LogP contribution in [0.4, 0.5) is 11.4 Å². The molecular weight excluding hydrogens is 300 g/mol. The summed E-state index contributed by atoms with van der Waals surface area (Å²) >= 11 is 0. The quantitative estimate of drug-likeness (QED) is 0.388. The van der Waals surface area contributed by atoms with Gasteiger partial charge in [-0.3, -0.25) is 4.79 Å². The van der Waals surface area contributed by atoms with Gasteiger partial charge in [-0.2, -0.15) is 0 Å². The number of anilines is 1. The average Bonchev–Trinajstić information content (AvgIpc) is 2.56. The molecule has 0 saturated carbocycles. The van der Waals surface area contributed by atoms with Gasteiger partial charge in [0.1, 0.15) is 5.75 Å². The highest BCUT2D eigenvalue weighted by Gasteiger charge is 2.13. The molecule has 116 valence electrons. The summed E-state index contributed by atoms with van der Waals surface area (Å²) < 4.78 is 4.60. The fourth-order valence-corrected chi connectivity index (χ4v) is 1.86. The predicted octanol–water partition coefficient (Wildman–Crippen LogP) is 3.37. The van der Waals surface area contributed by atoms with Crippen LogP contribution in [-0.2, 0) is 4.74 Å². The number of hydrogen-bond donors (Lipinski definition) is 2. The van der Waals surface area contributed by atoms with E-state index in [9.17, 15) is 14.7 Å². The number of carbonyl (C=O) groups excluding carboxylic acids is 2. The summed E-state index contributed by atoms with van der Waals surface area (Å²) in [5, 5.41) is 15.7. The Labute approximate surface area is 130 Å². The van der Waals surface area contributed by atoms with Gasteiger partial charge in [0.25, 0.3) is 5.91 Å². The van der Waals surface area contributed by atoms with Crippen molar-refractivity contribution in [2.24, 2.45) is 5.11 Å². The van der Waals surface area contributed by atoms with E-state index in [0.29, 0.717) is 5.69 Å². The van der Waals surface area contributed by atoms with Gasteiger partial charge in [0, 0.05) is 16.3 Å². The van der Waals surface area contributed by atoms with E-state index in [-0.39, 0.29) is 22.6 Å². The molecule has 0 heterocycles. The summed E-state index contributed by atoms with van der Waals surface area (Å²) in [5.74, 6) is -1.41. The van der Waals surface area contributed by atoms with E-state index >= 15 is 0 Å². The zero-order valence-corrected chi connectivity index (χ0v) is 12.1. The van der Waals surface area contributed by atoms with Gasteiger partial charge in [0.2, 0.25) is 0 Å². The number of amides is 1. The topological polar surface area (TPSA) is 124 Å². The van der Waals surface area contributed by atoms with Crippen molar-refractivity contribution in [3.63, 3.8) is 0 Å². The molecule has 0 fully saturated rings. The van der Waals surface area contributed by atoms with Gasteiger partial charge in [-0.05, 0) is 41.9 Å². The molecule has 2 aromatic rings. The van der Waals surface area contributed by atoms with Gasteiger partial charge in [-0.25, -0.2) is 4.79 Å². The Balaban J connectivity index is 2.27. The van der Waals surface area contributed by atoms with Gasteiger partial charge < -0.3 is 15.2 Å². The van der Waals surface area contributed by atoms with E-state index < -0.39 is 11.9 Å². The summed E-state index contributed by atoms with van der Waals surface area (Å²) in [5.41, 5.74) is 9.18. The maximum absolute atomic E-state index is 12.2. The number of aromatic hydroxyl groups is 1. The number of methoxy groups -OCH3 is 1. The first-order chi connectivity index (χ1) is 11.0. The van der Waals surface area contributed by atoms with Crippen molar-refractivity contribution in [1.82, 2.24) is 0 Å². The highest BCUT2D eigenvalue weighted by atomic mass is 16.5. The number of rotatable bonds is 4. The largest absolute Gasteiger partial charge is 0.507 e. The molecule has 0 atom stereocenters. The number of hydrogen-bond acceptors (Lipinski definition) is 5. The summed E-state index contributed by atoms with van der Waals surface area (Å²) in [4.78, 5) is 26.3. The molecule has 0 aromatic heterocycles. The second kappa shape index (κ2) is 6.97. The Morgan fingerprint density at radius 1 is 1.26 bits per heavy atom. The number of carbonyl (C=O) groups is 2. The van der Waals surface area contributed by atoms with Crippen molar-refractivity contribution in [2.75, 3.05) is 12.4 Å². The molecule has 23 heavy (non-hydrogen) atoms. The number of phenols is 1. The van der Waals surface area contributed by atoms with Crippen molar-refractivity contribution in [3.05, 3.63) is 64.0 Å². The third-order valence-electron chi connectivity index (χ3n) is 2.93. The number of azide groups is 1. The third-order valence-corrected chi connectivity index (χ3v) is 2.93. The minimum Gasteiger partial charge on any atom is -0.507 e. The molecule has 0 aliphatic rings. The number of benzene rings is 2. The first kappa shape index (κ1) is 15.9. The number of ether oxygens (including phenoxy) is 1. The maximum atomic E-state index is 12.2. The fourth-order valence-electron chi connectivity index (χ4n) is 1.86. The van der Waals surface area contributed by atoms with Crippen molar-refractivity contribution >= 4 is 23.3 Å². The number of phenolic OH excluding ortho intramolecular Hbond substituents is 1. The lowest BCUT2D eigenvalue weighted by molar-refractivity contribution is 0.0600. The maximum Gasteiger partial charge on any atom is 0.337 e. The molecular formula is C15H12N4O4. The zero-order valence-electron chi connectivity index (χ0n) is 12.1. The molecule has 1 amide bonds. The third kappa shape index (κ3) is 3.78. The molecule has 8 heteroatoms. The van der Waals surface area contributed by atoms with E-state index in [1.54, 1.807) is 18.2 Å². The highest BCUT2D eigenvalue weighted by molar-refractivity contribution is 6.07.